The zero-order valence-electron chi connectivity index (χ0n) is 16.7. The van der Waals surface area contributed by atoms with Gasteiger partial charge in [-0.1, -0.05) is 13.0 Å². The van der Waals surface area contributed by atoms with Crippen LogP contribution in [0.15, 0.2) is 22.5 Å². The third-order valence-electron chi connectivity index (χ3n) is 4.98. The van der Waals surface area contributed by atoms with E-state index in [1.54, 1.807) is 11.3 Å². The molecule has 1 fully saturated rings. The maximum Gasteiger partial charge on any atom is 0.191 e. The first-order valence-corrected chi connectivity index (χ1v) is 10.6. The molecule has 1 aromatic heterocycles. The third-order valence-corrected chi connectivity index (χ3v) is 6.11. The number of piperazine rings is 1. The summed E-state index contributed by atoms with van der Waals surface area (Å²) in [7, 11) is 0. The molecule has 6 nitrogen and oxygen atoms in total. The summed E-state index contributed by atoms with van der Waals surface area (Å²) in [5.74, 6) is 0.767. The lowest BCUT2D eigenvalue weighted by molar-refractivity contribution is 0.0711. The molecular weight excluding hydrogens is 346 g/mol. The Kier molecular flexibility index (Phi) is 8.34. The molecule has 1 aliphatic heterocycles. The van der Waals surface area contributed by atoms with Gasteiger partial charge in [-0.05, 0) is 38.8 Å². The molecule has 0 aliphatic carbocycles. The van der Waals surface area contributed by atoms with Crippen LogP contribution in [0.3, 0.4) is 0 Å². The highest BCUT2D eigenvalue weighted by Gasteiger charge is 2.24. The fourth-order valence-corrected chi connectivity index (χ4v) is 3.91. The summed E-state index contributed by atoms with van der Waals surface area (Å²) < 4.78 is 0. The first-order valence-electron chi connectivity index (χ1n) is 9.71. The maximum atomic E-state index is 10.7. The molecule has 7 heteroatoms. The second kappa shape index (κ2) is 10.3. The molecular formula is C19H35N5OS. The predicted molar refractivity (Wildman–Crippen MR) is 111 cm³/mol. The number of guanidine groups is 1. The molecule has 0 aromatic carbocycles. The molecule has 0 radical (unpaired) electrons. The van der Waals surface area contributed by atoms with Crippen molar-refractivity contribution in [2.75, 3.05) is 52.4 Å². The average Bonchev–Trinajstić information content (AvgIpc) is 3.19. The van der Waals surface area contributed by atoms with Gasteiger partial charge in [-0.2, -0.15) is 0 Å². The van der Waals surface area contributed by atoms with Gasteiger partial charge in [-0.15, -0.1) is 11.3 Å². The van der Waals surface area contributed by atoms with E-state index in [4.69, 9.17) is 0 Å². The first kappa shape index (κ1) is 21.2. The lowest BCUT2D eigenvalue weighted by Crippen LogP contribution is -2.53. The van der Waals surface area contributed by atoms with Crippen LogP contribution in [0, 0.1) is 0 Å². The molecule has 0 amide bonds. The summed E-state index contributed by atoms with van der Waals surface area (Å²) in [5.41, 5.74) is -0.932. The summed E-state index contributed by atoms with van der Waals surface area (Å²) in [6.07, 6.45) is 0. The Labute approximate surface area is 162 Å². The smallest absolute Gasteiger partial charge is 0.191 e. The normalized spacial score (nSPS) is 20.6. The van der Waals surface area contributed by atoms with E-state index in [1.807, 2.05) is 24.4 Å². The third kappa shape index (κ3) is 6.23. The number of hydrogen-bond donors (Lipinski definition) is 3. The van der Waals surface area contributed by atoms with Crippen LogP contribution >= 0.6 is 11.3 Å². The fourth-order valence-electron chi connectivity index (χ4n) is 3.13. The van der Waals surface area contributed by atoms with Crippen molar-refractivity contribution >= 4 is 17.3 Å². The van der Waals surface area contributed by atoms with E-state index < -0.39 is 5.60 Å². The van der Waals surface area contributed by atoms with Crippen molar-refractivity contribution in [3.05, 3.63) is 22.4 Å². The zero-order chi connectivity index (χ0) is 19.0. The topological polar surface area (TPSA) is 63.1 Å². The quantitative estimate of drug-likeness (QED) is 0.471. The molecule has 0 bridgehead atoms. The Hall–Kier alpha value is -1.15. The van der Waals surface area contributed by atoms with Gasteiger partial charge in [0.05, 0.1) is 6.54 Å². The van der Waals surface area contributed by atoms with E-state index in [2.05, 4.69) is 46.2 Å². The largest absolute Gasteiger partial charge is 0.383 e. The number of likely N-dealkylation sites (N-methyl/N-ethyl adjacent to an activating group) is 1. The number of aliphatic imine (C=N–C) groups is 1. The molecule has 3 N–H and O–H groups in total. The van der Waals surface area contributed by atoms with Crippen LogP contribution in [0.1, 0.15) is 32.6 Å². The van der Waals surface area contributed by atoms with E-state index in [0.717, 1.165) is 56.6 Å². The van der Waals surface area contributed by atoms with Gasteiger partial charge in [-0.25, -0.2) is 4.99 Å². The summed E-state index contributed by atoms with van der Waals surface area (Å²) in [6, 6.07) is 4.37. The van der Waals surface area contributed by atoms with Gasteiger partial charge >= 0.3 is 0 Å². The minimum absolute atomic E-state index is 0.340. The van der Waals surface area contributed by atoms with Gasteiger partial charge in [0, 0.05) is 50.2 Å². The van der Waals surface area contributed by atoms with Crippen molar-refractivity contribution in [3.63, 3.8) is 0 Å². The predicted octanol–water partition coefficient (Wildman–Crippen LogP) is 1.54. The van der Waals surface area contributed by atoms with Gasteiger partial charge in [-0.3, -0.25) is 4.90 Å². The van der Waals surface area contributed by atoms with Crippen molar-refractivity contribution in [2.45, 2.75) is 39.3 Å². The monoisotopic (exact) mass is 381 g/mol. The van der Waals surface area contributed by atoms with Gasteiger partial charge in [0.2, 0.25) is 0 Å². The second-order valence-corrected chi connectivity index (χ2v) is 8.09. The van der Waals surface area contributed by atoms with Crippen molar-refractivity contribution in [1.29, 1.82) is 0 Å². The van der Waals surface area contributed by atoms with E-state index in [1.165, 1.54) is 0 Å². The molecule has 148 valence electrons. The highest BCUT2D eigenvalue weighted by atomic mass is 32.1. The molecule has 2 heterocycles. The van der Waals surface area contributed by atoms with Gasteiger partial charge in [0.15, 0.2) is 5.96 Å². The Morgan fingerprint density at radius 2 is 2.04 bits per heavy atom. The van der Waals surface area contributed by atoms with Crippen molar-refractivity contribution in [3.8, 4) is 0 Å². The Morgan fingerprint density at radius 1 is 1.31 bits per heavy atom. The molecule has 1 saturated heterocycles. The molecule has 0 saturated carbocycles. The lowest BCUT2D eigenvalue weighted by atomic mass is 10.1. The van der Waals surface area contributed by atoms with Crippen LogP contribution < -0.4 is 10.6 Å². The number of rotatable bonds is 8. The number of nitrogens with one attached hydrogen (secondary N) is 2. The van der Waals surface area contributed by atoms with Crippen LogP contribution in [-0.4, -0.2) is 79.3 Å². The number of hydrogen-bond acceptors (Lipinski definition) is 5. The Balaban J connectivity index is 1.85. The molecule has 1 aromatic rings. The van der Waals surface area contributed by atoms with Gasteiger partial charge < -0.3 is 20.6 Å². The number of nitrogens with zero attached hydrogens (tertiary/aromatic N) is 3. The van der Waals surface area contributed by atoms with Crippen LogP contribution in [0.4, 0.5) is 0 Å². The SMILES string of the molecule is CCNC(=NCC(C)(O)c1cccs1)NCC(C)N1CCN(CC)CC1. The minimum atomic E-state index is -0.932. The summed E-state index contributed by atoms with van der Waals surface area (Å²) in [5, 5.41) is 19.4. The summed E-state index contributed by atoms with van der Waals surface area (Å²) >= 11 is 1.56. The highest BCUT2D eigenvalue weighted by molar-refractivity contribution is 7.10. The van der Waals surface area contributed by atoms with Crippen molar-refractivity contribution in [2.24, 2.45) is 4.99 Å². The van der Waals surface area contributed by atoms with Gasteiger partial charge in [0.1, 0.15) is 5.60 Å². The average molecular weight is 382 g/mol. The van der Waals surface area contributed by atoms with E-state index in [0.29, 0.717) is 12.6 Å². The van der Waals surface area contributed by atoms with E-state index >= 15 is 0 Å². The number of aliphatic hydroxyl groups is 1. The van der Waals surface area contributed by atoms with E-state index in [-0.39, 0.29) is 0 Å². The van der Waals surface area contributed by atoms with Crippen molar-refractivity contribution in [1.82, 2.24) is 20.4 Å². The standard InChI is InChI=1S/C19H35N5OS/c1-5-20-18(22-15-19(4,25)17-8-7-13-26-17)21-14-16(3)24-11-9-23(6-2)10-12-24/h7-8,13,16,25H,5-6,9-12,14-15H2,1-4H3,(H2,20,21,22). The van der Waals surface area contributed by atoms with Crippen LogP contribution in [0.5, 0.6) is 0 Å². The van der Waals surface area contributed by atoms with Crippen LogP contribution in [-0.2, 0) is 5.60 Å². The zero-order valence-corrected chi connectivity index (χ0v) is 17.5. The summed E-state index contributed by atoms with van der Waals surface area (Å²) in [4.78, 5) is 10.6. The highest BCUT2D eigenvalue weighted by Crippen LogP contribution is 2.25. The summed E-state index contributed by atoms with van der Waals surface area (Å²) in [6.45, 7) is 16.0. The molecule has 2 unspecified atom stereocenters. The minimum Gasteiger partial charge on any atom is -0.383 e. The second-order valence-electron chi connectivity index (χ2n) is 7.15. The molecule has 0 spiro atoms. The molecule has 2 rings (SSSR count). The lowest BCUT2D eigenvalue weighted by Gasteiger charge is -2.37. The van der Waals surface area contributed by atoms with Crippen LogP contribution in [0.25, 0.3) is 0 Å². The molecule has 26 heavy (non-hydrogen) atoms. The first-order chi connectivity index (χ1) is 12.5. The Bertz CT molecular complexity index is 538. The maximum absolute atomic E-state index is 10.7. The fraction of sp³-hybridized carbons (Fsp3) is 0.737. The Morgan fingerprint density at radius 3 is 2.62 bits per heavy atom. The molecule has 2 atom stereocenters. The number of thiophene rings is 1. The molecule has 1 aliphatic rings. The van der Waals surface area contributed by atoms with Crippen LogP contribution in [0.2, 0.25) is 0 Å². The van der Waals surface area contributed by atoms with Crippen molar-refractivity contribution < 1.29 is 5.11 Å². The van der Waals surface area contributed by atoms with E-state index in [9.17, 15) is 5.11 Å². The van der Waals surface area contributed by atoms with Gasteiger partial charge in [0.25, 0.3) is 0 Å².